The van der Waals surface area contributed by atoms with Crippen molar-refractivity contribution < 1.29 is 17.6 Å². The molecule has 32 heavy (non-hydrogen) atoms. The Morgan fingerprint density at radius 2 is 1.94 bits per heavy atom. The van der Waals surface area contributed by atoms with E-state index in [1.807, 2.05) is 4.90 Å². The molecular weight excluding hydrogens is 419 g/mol. The first kappa shape index (κ1) is 21.7. The Bertz CT molecular complexity index is 1080. The highest BCUT2D eigenvalue weighted by molar-refractivity contribution is 5.80. The summed E-state index contributed by atoms with van der Waals surface area (Å²) in [6, 6.07) is 9.71. The number of aliphatic imine (C=N–C) groups is 1. The van der Waals surface area contributed by atoms with Gasteiger partial charge < -0.3 is 20.0 Å². The van der Waals surface area contributed by atoms with Crippen LogP contribution in [0.3, 0.4) is 0 Å². The van der Waals surface area contributed by atoms with E-state index in [0.717, 1.165) is 18.2 Å². The lowest BCUT2D eigenvalue weighted by Crippen LogP contribution is -2.45. The number of nitrogens with zero attached hydrogens (tertiary/aromatic N) is 3. The number of benzene rings is 2. The molecule has 0 saturated carbocycles. The molecule has 168 valence electrons. The van der Waals surface area contributed by atoms with Crippen LogP contribution >= 0.6 is 0 Å². The lowest BCUT2D eigenvalue weighted by Gasteiger charge is -2.21. The summed E-state index contributed by atoms with van der Waals surface area (Å²) in [5.74, 6) is -0.362. The minimum atomic E-state index is -0.582. The lowest BCUT2D eigenvalue weighted by molar-refractivity contribution is 0.571. The molecule has 2 N–H and O–H groups in total. The summed E-state index contributed by atoms with van der Waals surface area (Å²) in [7, 11) is 1.68. The zero-order valence-electron chi connectivity index (χ0n) is 17.6. The van der Waals surface area contributed by atoms with Crippen LogP contribution in [0.5, 0.6) is 0 Å². The van der Waals surface area contributed by atoms with Crippen molar-refractivity contribution in [2.24, 2.45) is 4.99 Å². The van der Waals surface area contributed by atoms with Gasteiger partial charge in [-0.1, -0.05) is 0 Å². The molecule has 6 nitrogen and oxygen atoms in total. The number of nitrogens with one attached hydrogen (secondary N) is 2. The molecule has 3 aromatic rings. The van der Waals surface area contributed by atoms with Gasteiger partial charge in [0.1, 0.15) is 23.7 Å². The predicted molar refractivity (Wildman–Crippen MR) is 117 cm³/mol. The molecule has 1 aliphatic rings. The second kappa shape index (κ2) is 9.76. The van der Waals surface area contributed by atoms with Crippen LogP contribution in [0.25, 0.3) is 11.5 Å². The zero-order chi connectivity index (χ0) is 22.5. The first-order chi connectivity index (χ1) is 15.5. The number of oxazole rings is 1. The lowest BCUT2D eigenvalue weighted by atomic mass is 10.2. The molecule has 0 bridgehead atoms. The van der Waals surface area contributed by atoms with Crippen LogP contribution in [0.15, 0.2) is 58.1 Å². The van der Waals surface area contributed by atoms with E-state index in [9.17, 15) is 13.2 Å². The molecular formula is C23H24F3N5O. The van der Waals surface area contributed by atoms with Gasteiger partial charge in [0.05, 0.1) is 11.4 Å². The van der Waals surface area contributed by atoms with Crippen LogP contribution in [-0.2, 0) is 6.42 Å². The Kier molecular flexibility index (Phi) is 6.63. The summed E-state index contributed by atoms with van der Waals surface area (Å²) in [5.41, 5.74) is 1.89. The average Bonchev–Trinajstić information content (AvgIpc) is 3.43. The minimum absolute atomic E-state index is 0.0859. The van der Waals surface area contributed by atoms with Gasteiger partial charge in [-0.25, -0.2) is 18.2 Å². The number of anilines is 1. The summed E-state index contributed by atoms with van der Waals surface area (Å²) >= 11 is 0. The third kappa shape index (κ3) is 5.22. The largest absolute Gasteiger partial charge is 0.444 e. The van der Waals surface area contributed by atoms with Crippen LogP contribution in [0.4, 0.5) is 18.9 Å². The van der Waals surface area contributed by atoms with Crippen molar-refractivity contribution in [3.63, 3.8) is 0 Å². The maximum absolute atomic E-state index is 14.0. The molecule has 0 aliphatic carbocycles. The Morgan fingerprint density at radius 3 is 2.69 bits per heavy atom. The number of aromatic nitrogens is 1. The Labute approximate surface area is 184 Å². The van der Waals surface area contributed by atoms with Crippen LogP contribution in [0.1, 0.15) is 12.1 Å². The molecule has 1 unspecified atom stereocenters. The molecule has 9 heteroatoms. The highest BCUT2D eigenvalue weighted by atomic mass is 19.1. The number of guanidine groups is 1. The van der Waals surface area contributed by atoms with Gasteiger partial charge in [-0.3, -0.25) is 4.99 Å². The highest BCUT2D eigenvalue weighted by Crippen LogP contribution is 2.24. The van der Waals surface area contributed by atoms with Crippen LogP contribution in [0.2, 0.25) is 0 Å². The van der Waals surface area contributed by atoms with Crippen LogP contribution < -0.4 is 15.5 Å². The van der Waals surface area contributed by atoms with Crippen molar-refractivity contribution in [2.75, 3.05) is 31.6 Å². The Morgan fingerprint density at radius 1 is 1.16 bits per heavy atom. The topological polar surface area (TPSA) is 65.7 Å². The maximum Gasteiger partial charge on any atom is 0.226 e. The summed E-state index contributed by atoms with van der Waals surface area (Å²) in [4.78, 5) is 10.6. The predicted octanol–water partition coefficient (Wildman–Crippen LogP) is 3.75. The van der Waals surface area contributed by atoms with Gasteiger partial charge in [-0.2, -0.15) is 0 Å². The van der Waals surface area contributed by atoms with Crippen molar-refractivity contribution in [1.29, 1.82) is 0 Å². The number of rotatable bonds is 6. The summed E-state index contributed by atoms with van der Waals surface area (Å²) in [6.45, 7) is 1.84. The normalized spacial score (nSPS) is 16.4. The first-order valence-corrected chi connectivity index (χ1v) is 10.4. The van der Waals surface area contributed by atoms with Gasteiger partial charge in [0.15, 0.2) is 5.96 Å². The summed E-state index contributed by atoms with van der Waals surface area (Å²) in [5, 5.41) is 6.58. The molecule has 0 spiro atoms. The fraction of sp³-hybridized carbons (Fsp3) is 0.304. The standard InChI is InChI=1S/C23H24F3N5O/c1-27-23(30-18-9-11-31(13-18)21-7-6-17(25)12-20(21)26)28-10-8-19-14-32-22(29-19)15-2-4-16(24)5-3-15/h2-7,12,14,18H,8-11,13H2,1H3,(H2,27,28,30). The molecule has 1 atom stereocenters. The zero-order valence-corrected chi connectivity index (χ0v) is 17.6. The summed E-state index contributed by atoms with van der Waals surface area (Å²) < 4.78 is 45.7. The summed E-state index contributed by atoms with van der Waals surface area (Å²) in [6.07, 6.45) is 3.01. The van der Waals surface area contributed by atoms with Gasteiger partial charge in [-0.15, -0.1) is 0 Å². The van der Waals surface area contributed by atoms with Crippen molar-refractivity contribution in [3.05, 3.63) is 71.9 Å². The van der Waals surface area contributed by atoms with Gasteiger partial charge in [0, 0.05) is 50.8 Å². The minimum Gasteiger partial charge on any atom is -0.444 e. The molecule has 0 amide bonds. The molecule has 1 aromatic heterocycles. The molecule has 4 rings (SSSR count). The SMILES string of the molecule is CN=C(NCCc1coc(-c2ccc(F)cc2)n1)NC1CCN(c2ccc(F)cc2F)C1. The van der Waals surface area contributed by atoms with Crippen molar-refractivity contribution in [2.45, 2.75) is 18.9 Å². The molecule has 1 saturated heterocycles. The molecule has 1 aliphatic heterocycles. The number of halogens is 3. The Hall–Kier alpha value is -3.49. The van der Waals surface area contributed by atoms with Gasteiger partial charge in [0.25, 0.3) is 0 Å². The average molecular weight is 443 g/mol. The second-order valence-electron chi connectivity index (χ2n) is 7.57. The van der Waals surface area contributed by atoms with E-state index in [2.05, 4.69) is 20.6 Å². The van der Waals surface area contributed by atoms with E-state index in [-0.39, 0.29) is 11.9 Å². The second-order valence-corrected chi connectivity index (χ2v) is 7.57. The van der Waals surface area contributed by atoms with Crippen molar-refractivity contribution >= 4 is 11.6 Å². The molecule has 2 aromatic carbocycles. The third-order valence-electron chi connectivity index (χ3n) is 5.32. The van der Waals surface area contributed by atoms with Crippen LogP contribution in [-0.4, -0.2) is 43.7 Å². The van der Waals surface area contributed by atoms with Gasteiger partial charge in [-0.05, 0) is 42.8 Å². The monoisotopic (exact) mass is 443 g/mol. The fourth-order valence-corrected chi connectivity index (χ4v) is 3.68. The molecule has 1 fully saturated rings. The van der Waals surface area contributed by atoms with Crippen molar-refractivity contribution in [3.8, 4) is 11.5 Å². The van der Waals surface area contributed by atoms with Gasteiger partial charge in [0.2, 0.25) is 5.89 Å². The Balaban J connectivity index is 1.25. The van der Waals surface area contributed by atoms with E-state index in [4.69, 9.17) is 4.42 Å². The smallest absolute Gasteiger partial charge is 0.226 e. The quantitative estimate of drug-likeness (QED) is 0.449. The van der Waals surface area contributed by atoms with E-state index >= 15 is 0 Å². The third-order valence-corrected chi connectivity index (χ3v) is 5.32. The molecule has 0 radical (unpaired) electrons. The van der Waals surface area contributed by atoms with E-state index < -0.39 is 11.6 Å². The maximum atomic E-state index is 14.0. The first-order valence-electron chi connectivity index (χ1n) is 10.4. The fourth-order valence-electron chi connectivity index (χ4n) is 3.68. The van der Waals surface area contributed by atoms with Crippen molar-refractivity contribution in [1.82, 2.24) is 15.6 Å². The number of hydrogen-bond acceptors (Lipinski definition) is 4. The molecule has 2 heterocycles. The van der Waals surface area contributed by atoms with Crippen LogP contribution in [0, 0.1) is 17.5 Å². The number of hydrogen-bond donors (Lipinski definition) is 2. The van der Waals surface area contributed by atoms with Gasteiger partial charge >= 0.3 is 0 Å². The van der Waals surface area contributed by atoms with E-state index in [0.29, 0.717) is 49.2 Å². The van der Waals surface area contributed by atoms with E-state index in [1.54, 1.807) is 25.4 Å². The highest BCUT2D eigenvalue weighted by Gasteiger charge is 2.25. The van der Waals surface area contributed by atoms with E-state index in [1.165, 1.54) is 24.3 Å².